The SMILES string of the molecule is NCc1cccc(C[C@H](NC(=O)Cc2ccccc2CNC(=O)[C@H](Cc2ccco2)NCC2CCC(NC(=O)/C=C/C=O)CC2)C(N)=O)c1. The highest BCUT2D eigenvalue weighted by Gasteiger charge is 2.26. The zero-order chi connectivity index (χ0) is 35.0. The summed E-state index contributed by atoms with van der Waals surface area (Å²) in [6, 6.07) is 17.1. The second kappa shape index (κ2) is 19.1. The molecule has 0 saturated heterocycles. The summed E-state index contributed by atoms with van der Waals surface area (Å²) in [7, 11) is 0. The number of hydrogen-bond acceptors (Lipinski definition) is 8. The van der Waals surface area contributed by atoms with Crippen LogP contribution in [0.1, 0.15) is 53.7 Å². The van der Waals surface area contributed by atoms with Gasteiger partial charge in [0.05, 0.1) is 18.7 Å². The number of allylic oxidation sites excluding steroid dienone is 1. The molecule has 1 saturated carbocycles. The van der Waals surface area contributed by atoms with Gasteiger partial charge in [-0.3, -0.25) is 24.0 Å². The number of nitrogens with one attached hydrogen (secondary N) is 4. The molecule has 8 N–H and O–H groups in total. The number of benzene rings is 2. The molecule has 49 heavy (non-hydrogen) atoms. The average molecular weight is 671 g/mol. The van der Waals surface area contributed by atoms with E-state index in [1.54, 1.807) is 12.3 Å². The van der Waals surface area contributed by atoms with Crippen molar-refractivity contribution in [2.24, 2.45) is 17.4 Å². The lowest BCUT2D eigenvalue weighted by Gasteiger charge is -2.30. The van der Waals surface area contributed by atoms with Gasteiger partial charge in [-0.15, -0.1) is 0 Å². The molecule has 0 radical (unpaired) electrons. The van der Waals surface area contributed by atoms with Gasteiger partial charge in [-0.2, -0.15) is 0 Å². The van der Waals surface area contributed by atoms with E-state index in [1.807, 2.05) is 54.6 Å². The van der Waals surface area contributed by atoms with Crippen LogP contribution in [0.5, 0.6) is 0 Å². The lowest BCUT2D eigenvalue weighted by molar-refractivity contribution is -0.127. The number of carbonyl (C=O) groups is 5. The minimum absolute atomic E-state index is 0.00321. The van der Waals surface area contributed by atoms with Crippen molar-refractivity contribution >= 4 is 29.9 Å². The zero-order valence-corrected chi connectivity index (χ0v) is 27.6. The number of amides is 4. The number of furan rings is 1. The molecule has 4 amide bonds. The normalized spacial score (nSPS) is 17.2. The number of primary amides is 1. The van der Waals surface area contributed by atoms with Crippen molar-refractivity contribution in [2.75, 3.05) is 6.54 Å². The van der Waals surface area contributed by atoms with Gasteiger partial charge >= 0.3 is 0 Å². The van der Waals surface area contributed by atoms with Crippen LogP contribution in [0.2, 0.25) is 0 Å². The summed E-state index contributed by atoms with van der Waals surface area (Å²) in [4.78, 5) is 61.2. The highest BCUT2D eigenvalue weighted by Crippen LogP contribution is 2.24. The van der Waals surface area contributed by atoms with Gasteiger partial charge in [0.15, 0.2) is 0 Å². The Morgan fingerprint density at radius 1 is 0.898 bits per heavy atom. The predicted octanol–water partition coefficient (Wildman–Crippen LogP) is 1.74. The molecule has 1 fully saturated rings. The van der Waals surface area contributed by atoms with Gasteiger partial charge < -0.3 is 37.2 Å². The molecule has 0 unspecified atom stereocenters. The van der Waals surface area contributed by atoms with E-state index in [-0.39, 0.29) is 43.1 Å². The van der Waals surface area contributed by atoms with Crippen LogP contribution in [0.4, 0.5) is 0 Å². The lowest BCUT2D eigenvalue weighted by atomic mass is 9.85. The number of carbonyl (C=O) groups excluding carboxylic acids is 5. The van der Waals surface area contributed by atoms with E-state index in [9.17, 15) is 24.0 Å². The zero-order valence-electron chi connectivity index (χ0n) is 27.6. The highest BCUT2D eigenvalue weighted by atomic mass is 16.3. The van der Waals surface area contributed by atoms with Crippen molar-refractivity contribution in [3.8, 4) is 0 Å². The van der Waals surface area contributed by atoms with E-state index in [0.29, 0.717) is 37.5 Å². The molecule has 0 bridgehead atoms. The van der Waals surface area contributed by atoms with Crippen LogP contribution in [0.15, 0.2) is 83.5 Å². The fourth-order valence-corrected chi connectivity index (χ4v) is 6.05. The fraction of sp³-hybridized carbons (Fsp3) is 0.378. The number of nitrogens with two attached hydrogens (primary N) is 2. The van der Waals surface area contributed by atoms with Crippen molar-refractivity contribution in [3.63, 3.8) is 0 Å². The van der Waals surface area contributed by atoms with Crippen molar-refractivity contribution in [3.05, 3.63) is 107 Å². The third kappa shape index (κ3) is 12.2. The van der Waals surface area contributed by atoms with Gasteiger partial charge in [-0.25, -0.2) is 0 Å². The molecule has 1 heterocycles. The highest BCUT2D eigenvalue weighted by molar-refractivity contribution is 5.91. The number of aldehydes is 1. The van der Waals surface area contributed by atoms with Crippen LogP contribution in [0.25, 0.3) is 0 Å². The fourth-order valence-electron chi connectivity index (χ4n) is 6.05. The first-order valence-electron chi connectivity index (χ1n) is 16.6. The standard InChI is InChI=1S/C37H46N6O6/c38-22-27-7-3-6-26(18-27)19-32(36(39)47)43-35(46)20-28-8-1-2-9-29(28)24-41-37(48)33(21-31-10-5-17-49-31)40-23-25-12-14-30(15-13-25)42-34(45)11-4-16-44/h1-11,16-18,25,30,32-33,40H,12-15,19-24,38H2,(H2,39,47)(H,41,48)(H,42,45)(H,43,46)/b11-4+/t25?,30?,32-,33-/m0/s1. The molecular weight excluding hydrogens is 624 g/mol. The van der Waals surface area contributed by atoms with Crippen LogP contribution in [0, 0.1) is 5.92 Å². The van der Waals surface area contributed by atoms with Crippen molar-refractivity contribution in [1.29, 1.82) is 0 Å². The molecule has 0 spiro atoms. The number of rotatable bonds is 18. The molecule has 260 valence electrons. The molecule has 1 aromatic heterocycles. The monoisotopic (exact) mass is 670 g/mol. The van der Waals surface area contributed by atoms with Gasteiger partial charge in [0.2, 0.25) is 23.6 Å². The summed E-state index contributed by atoms with van der Waals surface area (Å²) < 4.78 is 5.54. The van der Waals surface area contributed by atoms with Crippen LogP contribution in [-0.4, -0.2) is 54.6 Å². The van der Waals surface area contributed by atoms with Crippen LogP contribution < -0.4 is 32.7 Å². The Kier molecular flexibility index (Phi) is 14.3. The molecule has 3 aromatic rings. The Morgan fingerprint density at radius 2 is 1.65 bits per heavy atom. The first-order chi connectivity index (χ1) is 23.7. The summed E-state index contributed by atoms with van der Waals surface area (Å²) in [5.41, 5.74) is 14.6. The molecule has 1 aliphatic carbocycles. The summed E-state index contributed by atoms with van der Waals surface area (Å²) in [6.45, 7) is 1.19. The summed E-state index contributed by atoms with van der Waals surface area (Å²) in [5.74, 6) is -0.457. The Hall–Kier alpha value is -5.07. The first-order valence-corrected chi connectivity index (χ1v) is 16.6. The van der Waals surface area contributed by atoms with E-state index in [4.69, 9.17) is 15.9 Å². The number of hydrogen-bond donors (Lipinski definition) is 6. The second-order valence-corrected chi connectivity index (χ2v) is 12.4. The first kappa shape index (κ1) is 36.8. The third-order valence-corrected chi connectivity index (χ3v) is 8.74. The minimum Gasteiger partial charge on any atom is -0.469 e. The van der Waals surface area contributed by atoms with Crippen molar-refractivity contribution < 1.29 is 28.4 Å². The van der Waals surface area contributed by atoms with Crippen LogP contribution >= 0.6 is 0 Å². The maximum atomic E-state index is 13.5. The lowest BCUT2D eigenvalue weighted by Crippen LogP contribution is -2.47. The van der Waals surface area contributed by atoms with E-state index in [1.165, 1.54) is 12.2 Å². The summed E-state index contributed by atoms with van der Waals surface area (Å²) in [6.07, 6.45) is 8.57. The average Bonchev–Trinajstić information content (AvgIpc) is 3.62. The molecule has 2 atom stereocenters. The molecule has 2 aromatic carbocycles. The van der Waals surface area contributed by atoms with Gasteiger partial charge in [0.1, 0.15) is 18.1 Å². The van der Waals surface area contributed by atoms with Crippen molar-refractivity contribution in [1.82, 2.24) is 21.3 Å². The van der Waals surface area contributed by atoms with Crippen molar-refractivity contribution in [2.45, 2.75) is 76.2 Å². The predicted molar refractivity (Wildman–Crippen MR) is 184 cm³/mol. The molecule has 12 nitrogen and oxygen atoms in total. The maximum absolute atomic E-state index is 13.5. The van der Waals surface area contributed by atoms with Gasteiger partial charge in [0.25, 0.3) is 0 Å². The van der Waals surface area contributed by atoms with Gasteiger partial charge in [-0.1, -0.05) is 48.5 Å². The Labute approximate surface area is 286 Å². The van der Waals surface area contributed by atoms with E-state index >= 15 is 0 Å². The Morgan fingerprint density at radius 3 is 2.35 bits per heavy atom. The molecule has 0 aliphatic heterocycles. The summed E-state index contributed by atoms with van der Waals surface area (Å²) in [5, 5.41) is 12.1. The quantitative estimate of drug-likeness (QED) is 0.0869. The molecule has 12 heteroatoms. The largest absolute Gasteiger partial charge is 0.469 e. The summed E-state index contributed by atoms with van der Waals surface area (Å²) >= 11 is 0. The molecular formula is C37H46N6O6. The van der Waals surface area contributed by atoms with E-state index in [0.717, 1.165) is 47.9 Å². The van der Waals surface area contributed by atoms with Gasteiger partial charge in [-0.05, 0) is 78.6 Å². The van der Waals surface area contributed by atoms with Gasteiger partial charge in [0, 0.05) is 38.0 Å². The van der Waals surface area contributed by atoms with Crippen LogP contribution in [-0.2, 0) is 56.3 Å². The molecule has 4 rings (SSSR count). The Balaban J connectivity index is 1.31. The molecule has 1 aliphatic rings. The van der Waals surface area contributed by atoms with E-state index in [2.05, 4.69) is 21.3 Å². The van der Waals surface area contributed by atoms with E-state index < -0.39 is 18.0 Å². The third-order valence-electron chi connectivity index (χ3n) is 8.74. The minimum atomic E-state index is -0.889. The van der Waals surface area contributed by atoms with Crippen LogP contribution in [0.3, 0.4) is 0 Å². The topological polar surface area (TPSA) is 199 Å². The maximum Gasteiger partial charge on any atom is 0.244 e. The second-order valence-electron chi connectivity index (χ2n) is 12.4. The smallest absolute Gasteiger partial charge is 0.244 e. The Bertz CT molecular complexity index is 1580.